The van der Waals surface area contributed by atoms with E-state index in [1.54, 1.807) is 23.4 Å². The van der Waals surface area contributed by atoms with E-state index >= 15 is 0 Å². The molecule has 1 aromatic heterocycles. The van der Waals surface area contributed by atoms with Crippen molar-refractivity contribution in [1.82, 2.24) is 10.3 Å². The van der Waals surface area contributed by atoms with Crippen LogP contribution in [0.2, 0.25) is 0 Å². The second-order valence-corrected chi connectivity index (χ2v) is 7.30. The second-order valence-electron chi connectivity index (χ2n) is 7.30. The number of para-hydroxylation sites is 1. The van der Waals surface area contributed by atoms with Crippen LogP contribution in [0.3, 0.4) is 0 Å². The lowest BCUT2D eigenvalue weighted by Crippen LogP contribution is -2.30. The van der Waals surface area contributed by atoms with E-state index in [-0.39, 0.29) is 18.2 Å². The molecule has 2 heterocycles. The molecule has 0 bridgehead atoms. The van der Waals surface area contributed by atoms with Gasteiger partial charge < -0.3 is 14.1 Å². The highest BCUT2D eigenvalue weighted by molar-refractivity contribution is 5.90. The number of likely N-dealkylation sites (tertiary alicyclic amines) is 1. The Morgan fingerprint density at radius 2 is 1.94 bits per heavy atom. The van der Waals surface area contributed by atoms with Gasteiger partial charge in [0.15, 0.2) is 0 Å². The average Bonchev–Trinajstić information content (AvgIpc) is 3.44. The van der Waals surface area contributed by atoms with E-state index in [0.717, 1.165) is 11.1 Å². The molecule has 1 fully saturated rings. The van der Waals surface area contributed by atoms with E-state index in [1.165, 1.54) is 0 Å². The number of hydrogen-bond acceptors (Lipinski definition) is 5. The summed E-state index contributed by atoms with van der Waals surface area (Å²) >= 11 is 0. The Hall–Kier alpha value is -3.87. The lowest BCUT2D eigenvalue weighted by atomic mass is 10.1. The minimum absolute atomic E-state index is 0.0693. The van der Waals surface area contributed by atoms with Crippen LogP contribution in [-0.4, -0.2) is 29.5 Å². The van der Waals surface area contributed by atoms with Crippen molar-refractivity contribution in [3.05, 3.63) is 89.9 Å². The Morgan fingerprint density at radius 1 is 1.13 bits per heavy atom. The molecule has 31 heavy (non-hydrogen) atoms. The maximum absolute atomic E-state index is 12.5. The van der Waals surface area contributed by atoms with Crippen molar-refractivity contribution in [3.8, 4) is 5.75 Å². The zero-order valence-electron chi connectivity index (χ0n) is 16.9. The van der Waals surface area contributed by atoms with Gasteiger partial charge in [0, 0.05) is 18.5 Å². The van der Waals surface area contributed by atoms with Gasteiger partial charge in [0.2, 0.25) is 11.8 Å². The van der Waals surface area contributed by atoms with E-state index in [1.807, 2.05) is 60.7 Å². The second kappa shape index (κ2) is 9.75. The highest BCUT2D eigenvalue weighted by Crippen LogP contribution is 2.21. The molecule has 7 heteroatoms. The topological polar surface area (TPSA) is 84.1 Å². The number of benzene rings is 2. The van der Waals surface area contributed by atoms with E-state index in [2.05, 4.69) is 10.5 Å². The number of rotatable bonds is 8. The van der Waals surface area contributed by atoms with Crippen molar-refractivity contribution in [2.45, 2.75) is 19.6 Å². The first kappa shape index (κ1) is 20.4. The smallest absolute Gasteiger partial charge is 0.245 e. The number of carbonyl (C=O) groups is 2. The molecular formula is C24H23N3O4. The Balaban J connectivity index is 1.31. The number of nitrogens with zero attached hydrogens (tertiary/aromatic N) is 2. The molecule has 1 saturated heterocycles. The Morgan fingerprint density at radius 3 is 2.74 bits per heavy atom. The minimum Gasteiger partial charge on any atom is -0.488 e. The molecule has 2 aromatic carbocycles. The van der Waals surface area contributed by atoms with E-state index in [4.69, 9.17) is 9.15 Å². The van der Waals surface area contributed by atoms with Crippen LogP contribution in [0.25, 0.3) is 0 Å². The largest absolute Gasteiger partial charge is 0.488 e. The van der Waals surface area contributed by atoms with Gasteiger partial charge in [-0.05, 0) is 29.8 Å². The Labute approximate surface area is 180 Å². The number of ether oxygens (including phenoxy) is 1. The number of hydrazone groups is 1. The fraction of sp³-hybridized carbons (Fsp3) is 0.208. The molecule has 7 nitrogen and oxygen atoms in total. The van der Waals surface area contributed by atoms with Crippen molar-refractivity contribution in [2.75, 3.05) is 6.54 Å². The van der Waals surface area contributed by atoms with Crippen molar-refractivity contribution >= 4 is 18.0 Å². The molecule has 0 spiro atoms. The predicted octanol–water partition coefficient (Wildman–Crippen LogP) is 3.36. The standard InChI is InChI=1S/C24H23N3O4/c28-23-13-20(15-27(23)16-21-10-6-12-30-21)24(29)26-25-14-19-9-4-5-11-22(19)31-17-18-7-2-1-3-8-18/h1-12,14,20H,13,15-17H2,(H,26,29)/b25-14+. The van der Waals surface area contributed by atoms with Crippen LogP contribution in [0, 0.1) is 5.92 Å². The van der Waals surface area contributed by atoms with Crippen molar-refractivity contribution < 1.29 is 18.7 Å². The quantitative estimate of drug-likeness (QED) is 0.450. The van der Waals surface area contributed by atoms with Gasteiger partial charge in [-0.3, -0.25) is 9.59 Å². The molecule has 1 atom stereocenters. The van der Waals surface area contributed by atoms with Crippen LogP contribution < -0.4 is 10.2 Å². The van der Waals surface area contributed by atoms with Crippen molar-refractivity contribution in [2.24, 2.45) is 11.0 Å². The molecule has 0 aliphatic carbocycles. The molecular weight excluding hydrogens is 394 g/mol. The molecule has 0 saturated carbocycles. The molecule has 158 valence electrons. The van der Waals surface area contributed by atoms with Gasteiger partial charge in [-0.25, -0.2) is 5.43 Å². The van der Waals surface area contributed by atoms with E-state index < -0.39 is 5.92 Å². The summed E-state index contributed by atoms with van der Waals surface area (Å²) in [6, 6.07) is 20.9. The highest BCUT2D eigenvalue weighted by atomic mass is 16.5. The summed E-state index contributed by atoms with van der Waals surface area (Å²) in [7, 11) is 0. The summed E-state index contributed by atoms with van der Waals surface area (Å²) in [5.74, 6) is 0.572. The molecule has 1 aliphatic rings. The summed E-state index contributed by atoms with van der Waals surface area (Å²) in [6.07, 6.45) is 3.28. The van der Waals surface area contributed by atoms with Crippen molar-refractivity contribution in [1.29, 1.82) is 0 Å². The summed E-state index contributed by atoms with van der Waals surface area (Å²) in [5, 5.41) is 4.07. The predicted molar refractivity (Wildman–Crippen MR) is 115 cm³/mol. The van der Waals surface area contributed by atoms with E-state index in [0.29, 0.717) is 31.2 Å². The first-order valence-corrected chi connectivity index (χ1v) is 10.1. The average molecular weight is 417 g/mol. The minimum atomic E-state index is -0.441. The maximum Gasteiger partial charge on any atom is 0.245 e. The number of carbonyl (C=O) groups excluding carboxylic acids is 2. The monoisotopic (exact) mass is 417 g/mol. The molecule has 1 N–H and O–H groups in total. The van der Waals surface area contributed by atoms with Gasteiger partial charge in [0.05, 0.1) is 24.9 Å². The molecule has 2 amide bonds. The third-order valence-corrected chi connectivity index (χ3v) is 5.05. The number of hydrogen-bond donors (Lipinski definition) is 1. The van der Waals surface area contributed by atoms with E-state index in [9.17, 15) is 9.59 Å². The lowest BCUT2D eigenvalue weighted by molar-refractivity contribution is -0.129. The van der Waals surface area contributed by atoms with Gasteiger partial charge in [0.1, 0.15) is 18.1 Å². The summed E-state index contributed by atoms with van der Waals surface area (Å²) in [4.78, 5) is 26.3. The normalized spacial score (nSPS) is 16.1. The fourth-order valence-electron chi connectivity index (χ4n) is 3.40. The van der Waals surface area contributed by atoms with Crippen LogP contribution in [0.15, 0.2) is 82.5 Å². The van der Waals surface area contributed by atoms with Gasteiger partial charge in [-0.2, -0.15) is 5.10 Å². The van der Waals surface area contributed by atoms with Crippen molar-refractivity contribution in [3.63, 3.8) is 0 Å². The van der Waals surface area contributed by atoms with Crippen LogP contribution in [0.5, 0.6) is 5.75 Å². The summed E-state index contributed by atoms with van der Waals surface area (Å²) in [6.45, 7) is 1.15. The van der Waals surface area contributed by atoms with Crippen LogP contribution >= 0.6 is 0 Å². The number of amides is 2. The molecule has 4 rings (SSSR count). The third kappa shape index (κ3) is 5.39. The van der Waals surface area contributed by atoms with Crippen LogP contribution in [0.4, 0.5) is 0 Å². The molecule has 3 aromatic rings. The van der Waals surface area contributed by atoms with Gasteiger partial charge in [-0.15, -0.1) is 0 Å². The lowest BCUT2D eigenvalue weighted by Gasteiger charge is -2.14. The highest BCUT2D eigenvalue weighted by Gasteiger charge is 2.34. The SMILES string of the molecule is O=C(N/N=C/c1ccccc1OCc1ccccc1)C1CC(=O)N(Cc2ccco2)C1. The Kier molecular flexibility index (Phi) is 6.42. The number of nitrogens with one attached hydrogen (secondary N) is 1. The molecule has 0 radical (unpaired) electrons. The third-order valence-electron chi connectivity index (χ3n) is 5.05. The zero-order chi connectivity index (χ0) is 21.5. The van der Waals surface area contributed by atoms with Gasteiger partial charge in [0.25, 0.3) is 0 Å². The van der Waals surface area contributed by atoms with Crippen LogP contribution in [-0.2, 0) is 22.7 Å². The first-order valence-electron chi connectivity index (χ1n) is 10.1. The Bertz CT molecular complexity index is 1050. The van der Waals surface area contributed by atoms with Gasteiger partial charge in [-0.1, -0.05) is 42.5 Å². The van der Waals surface area contributed by atoms with Crippen LogP contribution in [0.1, 0.15) is 23.3 Å². The number of furan rings is 1. The fourth-order valence-corrected chi connectivity index (χ4v) is 3.40. The summed E-state index contributed by atoms with van der Waals surface area (Å²) < 4.78 is 11.2. The molecule has 1 aliphatic heterocycles. The summed E-state index contributed by atoms with van der Waals surface area (Å²) in [5.41, 5.74) is 4.36. The zero-order valence-corrected chi connectivity index (χ0v) is 16.9. The maximum atomic E-state index is 12.5. The van der Waals surface area contributed by atoms with Gasteiger partial charge >= 0.3 is 0 Å². The first-order chi connectivity index (χ1) is 15.2. The molecule has 1 unspecified atom stereocenters.